The van der Waals surface area contributed by atoms with E-state index in [2.05, 4.69) is 16.9 Å². The van der Waals surface area contributed by atoms with Gasteiger partial charge in [0.05, 0.1) is 5.92 Å². The summed E-state index contributed by atoms with van der Waals surface area (Å²) >= 11 is 1.81. The number of carboxylic acid groups (broad SMARTS) is 1. The molecule has 0 aromatic heterocycles. The van der Waals surface area contributed by atoms with Gasteiger partial charge in [0.1, 0.15) is 0 Å². The molecule has 6 heteroatoms. The monoisotopic (exact) mass is 286 g/mol. The third-order valence-electron chi connectivity index (χ3n) is 4.42. The standard InChI is InChI=1S/C13H22N2O3S/c1-19-13(6-3-7-13)8-14-12(18)15-10-5-2-4-9(10)11(16)17/h9-10H,2-8H2,1H3,(H,16,17)(H2,14,15,18). The van der Waals surface area contributed by atoms with E-state index in [0.29, 0.717) is 13.0 Å². The minimum atomic E-state index is -0.803. The molecule has 108 valence electrons. The number of carbonyl (C=O) groups excluding carboxylic acids is 1. The maximum Gasteiger partial charge on any atom is 0.315 e. The van der Waals surface area contributed by atoms with E-state index in [9.17, 15) is 9.59 Å². The van der Waals surface area contributed by atoms with E-state index in [-0.39, 0.29) is 16.8 Å². The fourth-order valence-corrected chi connectivity index (χ4v) is 3.83. The van der Waals surface area contributed by atoms with Crippen molar-refractivity contribution in [3.8, 4) is 0 Å². The van der Waals surface area contributed by atoms with Crippen LogP contribution in [0.2, 0.25) is 0 Å². The summed E-state index contributed by atoms with van der Waals surface area (Å²) < 4.78 is 0.208. The highest BCUT2D eigenvalue weighted by Gasteiger charge is 2.37. The first kappa shape index (κ1) is 14.5. The molecule has 2 saturated carbocycles. The summed E-state index contributed by atoms with van der Waals surface area (Å²) in [6.07, 6.45) is 7.90. The predicted molar refractivity (Wildman–Crippen MR) is 75.4 cm³/mol. The molecule has 0 spiro atoms. The van der Waals surface area contributed by atoms with Crippen LogP contribution in [0.5, 0.6) is 0 Å². The van der Waals surface area contributed by atoms with Gasteiger partial charge < -0.3 is 15.7 Å². The molecular weight excluding hydrogens is 264 g/mol. The molecule has 2 aliphatic rings. The lowest BCUT2D eigenvalue weighted by Crippen LogP contribution is -2.51. The van der Waals surface area contributed by atoms with E-state index >= 15 is 0 Å². The predicted octanol–water partition coefficient (Wildman–Crippen LogP) is 1.82. The summed E-state index contributed by atoms with van der Waals surface area (Å²) in [6.45, 7) is 0.671. The highest BCUT2D eigenvalue weighted by atomic mass is 32.2. The molecule has 0 aromatic carbocycles. The van der Waals surface area contributed by atoms with Crippen molar-refractivity contribution in [3.63, 3.8) is 0 Å². The summed E-state index contributed by atoms with van der Waals surface area (Å²) in [4.78, 5) is 22.9. The van der Waals surface area contributed by atoms with Crippen molar-refractivity contribution in [1.82, 2.24) is 10.6 Å². The molecule has 0 bridgehead atoms. The number of carbonyl (C=O) groups is 2. The van der Waals surface area contributed by atoms with Crippen LogP contribution >= 0.6 is 11.8 Å². The Morgan fingerprint density at radius 1 is 1.32 bits per heavy atom. The van der Waals surface area contributed by atoms with Crippen molar-refractivity contribution in [2.24, 2.45) is 5.92 Å². The molecule has 2 unspecified atom stereocenters. The second-order valence-electron chi connectivity index (χ2n) is 5.55. The van der Waals surface area contributed by atoms with Gasteiger partial charge in [-0.2, -0.15) is 11.8 Å². The van der Waals surface area contributed by atoms with Gasteiger partial charge in [-0.15, -0.1) is 0 Å². The second-order valence-corrected chi connectivity index (χ2v) is 6.82. The van der Waals surface area contributed by atoms with Gasteiger partial charge in [-0.3, -0.25) is 4.79 Å². The number of nitrogens with one attached hydrogen (secondary N) is 2. The second kappa shape index (κ2) is 6.03. The first-order valence-corrected chi connectivity index (χ1v) is 8.11. The van der Waals surface area contributed by atoms with Crippen LogP contribution in [0.1, 0.15) is 38.5 Å². The smallest absolute Gasteiger partial charge is 0.315 e. The quantitative estimate of drug-likeness (QED) is 0.720. The van der Waals surface area contributed by atoms with Gasteiger partial charge in [0.2, 0.25) is 0 Å². The number of hydrogen-bond donors (Lipinski definition) is 3. The molecule has 2 fully saturated rings. The van der Waals surface area contributed by atoms with Crippen molar-refractivity contribution in [1.29, 1.82) is 0 Å². The van der Waals surface area contributed by atoms with Gasteiger partial charge >= 0.3 is 12.0 Å². The Hall–Kier alpha value is -0.910. The van der Waals surface area contributed by atoms with Gasteiger partial charge in [-0.25, -0.2) is 4.79 Å². The molecule has 0 aromatic rings. The van der Waals surface area contributed by atoms with Crippen molar-refractivity contribution in [2.45, 2.75) is 49.3 Å². The number of carboxylic acids is 1. The van der Waals surface area contributed by atoms with Gasteiger partial charge in [0.15, 0.2) is 0 Å². The van der Waals surface area contributed by atoms with Crippen LogP contribution in [-0.2, 0) is 4.79 Å². The van der Waals surface area contributed by atoms with E-state index in [1.165, 1.54) is 6.42 Å². The Bertz CT molecular complexity index is 352. The molecule has 0 aliphatic heterocycles. The summed E-state index contributed by atoms with van der Waals surface area (Å²) in [7, 11) is 0. The topological polar surface area (TPSA) is 78.4 Å². The van der Waals surface area contributed by atoms with Crippen LogP contribution < -0.4 is 10.6 Å². The van der Waals surface area contributed by atoms with Crippen molar-refractivity contribution < 1.29 is 14.7 Å². The largest absolute Gasteiger partial charge is 0.481 e. The molecule has 0 radical (unpaired) electrons. The maximum absolute atomic E-state index is 11.8. The molecule has 19 heavy (non-hydrogen) atoms. The van der Waals surface area contributed by atoms with Gasteiger partial charge in [-0.05, 0) is 31.9 Å². The zero-order chi connectivity index (χ0) is 13.9. The molecule has 2 rings (SSSR count). The van der Waals surface area contributed by atoms with Crippen LogP contribution in [0.3, 0.4) is 0 Å². The number of thioether (sulfide) groups is 1. The molecule has 5 nitrogen and oxygen atoms in total. The highest BCUT2D eigenvalue weighted by molar-refractivity contribution is 8.00. The van der Waals surface area contributed by atoms with E-state index in [1.807, 2.05) is 11.8 Å². The maximum atomic E-state index is 11.8. The summed E-state index contributed by atoms with van der Waals surface area (Å²) in [6, 6.07) is -0.442. The third kappa shape index (κ3) is 3.35. The molecule has 0 saturated heterocycles. The molecular formula is C13H22N2O3S. The number of urea groups is 1. The number of amides is 2. The third-order valence-corrected chi connectivity index (χ3v) is 5.84. The number of aliphatic carboxylic acids is 1. The molecule has 2 atom stereocenters. The van der Waals surface area contributed by atoms with Gasteiger partial charge in [-0.1, -0.05) is 12.8 Å². The van der Waals surface area contributed by atoms with Crippen molar-refractivity contribution in [2.75, 3.05) is 12.8 Å². The van der Waals surface area contributed by atoms with E-state index < -0.39 is 11.9 Å². The van der Waals surface area contributed by atoms with E-state index in [4.69, 9.17) is 5.11 Å². The lowest BCUT2D eigenvalue weighted by Gasteiger charge is -2.40. The summed E-state index contributed by atoms with van der Waals surface area (Å²) in [5.41, 5.74) is 0. The van der Waals surface area contributed by atoms with Crippen LogP contribution in [0.25, 0.3) is 0 Å². The van der Waals surface area contributed by atoms with Crippen LogP contribution in [0, 0.1) is 5.92 Å². The minimum absolute atomic E-state index is 0.208. The first-order valence-electron chi connectivity index (χ1n) is 6.89. The summed E-state index contributed by atoms with van der Waals surface area (Å²) in [5.74, 6) is -1.23. The SMILES string of the molecule is CSC1(CNC(=O)NC2CCCC2C(=O)O)CCC1. The molecule has 2 aliphatic carbocycles. The first-order chi connectivity index (χ1) is 9.06. The lowest BCUT2D eigenvalue weighted by molar-refractivity contribution is -0.142. The van der Waals surface area contributed by atoms with Gasteiger partial charge in [0, 0.05) is 17.3 Å². The fourth-order valence-electron chi connectivity index (χ4n) is 2.91. The van der Waals surface area contributed by atoms with Crippen molar-refractivity contribution in [3.05, 3.63) is 0 Å². The molecule has 0 heterocycles. The average molecular weight is 286 g/mol. The molecule has 3 N–H and O–H groups in total. The normalized spacial score (nSPS) is 28.5. The van der Waals surface area contributed by atoms with E-state index in [0.717, 1.165) is 25.7 Å². The number of rotatable bonds is 5. The van der Waals surface area contributed by atoms with Crippen LogP contribution in [0.4, 0.5) is 4.79 Å². The lowest BCUT2D eigenvalue weighted by atomic mass is 9.84. The number of hydrogen-bond acceptors (Lipinski definition) is 3. The Morgan fingerprint density at radius 3 is 2.58 bits per heavy atom. The van der Waals surface area contributed by atoms with Crippen LogP contribution in [0.15, 0.2) is 0 Å². The van der Waals surface area contributed by atoms with Crippen LogP contribution in [-0.4, -0.2) is 40.7 Å². The fraction of sp³-hybridized carbons (Fsp3) is 0.846. The summed E-state index contributed by atoms with van der Waals surface area (Å²) in [5, 5.41) is 14.8. The Labute approximate surface area is 117 Å². The molecule has 2 amide bonds. The van der Waals surface area contributed by atoms with Gasteiger partial charge in [0.25, 0.3) is 0 Å². The minimum Gasteiger partial charge on any atom is -0.481 e. The Kier molecular flexibility index (Phi) is 4.60. The van der Waals surface area contributed by atoms with Crippen molar-refractivity contribution >= 4 is 23.8 Å². The average Bonchev–Trinajstić information content (AvgIpc) is 2.76. The zero-order valence-electron chi connectivity index (χ0n) is 11.3. The zero-order valence-corrected chi connectivity index (χ0v) is 12.1. The Morgan fingerprint density at radius 2 is 2.05 bits per heavy atom. The van der Waals surface area contributed by atoms with E-state index in [1.54, 1.807) is 0 Å². The highest BCUT2D eigenvalue weighted by Crippen LogP contribution is 2.42. The Balaban J connectivity index is 1.76.